The van der Waals surface area contributed by atoms with Crippen LogP contribution in [0.2, 0.25) is 0 Å². The van der Waals surface area contributed by atoms with Crippen LogP contribution >= 0.6 is 0 Å². The lowest BCUT2D eigenvalue weighted by atomic mass is 10.2. The van der Waals surface area contributed by atoms with Crippen LogP contribution in [0.15, 0.2) is 11.3 Å². The second kappa shape index (κ2) is 7.47. The largest absolute Gasteiger partial charge is 0.376 e. The van der Waals surface area contributed by atoms with Gasteiger partial charge in [0, 0.05) is 12.6 Å². The van der Waals surface area contributed by atoms with Gasteiger partial charge >= 0.3 is 6.03 Å². The lowest BCUT2D eigenvalue weighted by Gasteiger charge is -2.07. The van der Waals surface area contributed by atoms with E-state index in [0.717, 1.165) is 6.92 Å². The maximum atomic E-state index is 11.5. The van der Waals surface area contributed by atoms with Crippen molar-refractivity contribution in [3.63, 3.8) is 0 Å². The molecule has 0 aliphatic heterocycles. The van der Waals surface area contributed by atoms with Gasteiger partial charge in [-0.15, -0.1) is 6.42 Å². The lowest BCUT2D eigenvalue weighted by molar-refractivity contribution is -0.118. The molecule has 0 bridgehead atoms. The van der Waals surface area contributed by atoms with Crippen LogP contribution in [0.3, 0.4) is 0 Å². The Bertz CT molecular complexity index is 479. The van der Waals surface area contributed by atoms with E-state index in [1.807, 2.05) is 10.6 Å². The van der Waals surface area contributed by atoms with E-state index in [1.54, 1.807) is 6.07 Å². The van der Waals surface area contributed by atoms with Gasteiger partial charge in [0.1, 0.15) is 11.6 Å². The van der Waals surface area contributed by atoms with Crippen LogP contribution in [-0.4, -0.2) is 24.4 Å². The van der Waals surface area contributed by atoms with Crippen molar-refractivity contribution >= 4 is 17.8 Å². The van der Waals surface area contributed by atoms with Crippen LogP contribution in [0.5, 0.6) is 0 Å². The van der Waals surface area contributed by atoms with Crippen molar-refractivity contribution in [1.82, 2.24) is 16.0 Å². The van der Waals surface area contributed by atoms with Gasteiger partial charge in [-0.2, -0.15) is 5.26 Å². The molecule has 0 aromatic heterocycles. The Morgan fingerprint density at radius 1 is 1.22 bits per heavy atom. The molecule has 7 nitrogen and oxygen atoms in total. The van der Waals surface area contributed by atoms with Crippen LogP contribution in [0.1, 0.15) is 13.8 Å². The average molecular weight is 248 g/mol. The highest BCUT2D eigenvalue weighted by Gasteiger charge is 2.16. The summed E-state index contributed by atoms with van der Waals surface area (Å²) in [5, 5.41) is 15.1. The van der Waals surface area contributed by atoms with Gasteiger partial charge in [0.05, 0.1) is 6.54 Å². The molecule has 0 aliphatic rings. The first-order valence-corrected chi connectivity index (χ1v) is 4.83. The second-order valence-corrected chi connectivity index (χ2v) is 3.13. The zero-order valence-corrected chi connectivity index (χ0v) is 9.96. The molecule has 94 valence electrons. The van der Waals surface area contributed by atoms with Gasteiger partial charge < -0.3 is 5.32 Å². The van der Waals surface area contributed by atoms with Gasteiger partial charge in [-0.05, 0) is 6.92 Å². The van der Waals surface area contributed by atoms with Crippen molar-refractivity contribution in [2.75, 3.05) is 6.54 Å². The molecular weight excluding hydrogens is 236 g/mol. The smallest absolute Gasteiger partial charge is 0.328 e. The predicted octanol–water partition coefficient (Wildman–Crippen LogP) is -0.621. The third-order valence-electron chi connectivity index (χ3n) is 1.69. The van der Waals surface area contributed by atoms with Crippen LogP contribution in [0.25, 0.3) is 0 Å². The molecule has 0 radical (unpaired) electrons. The number of hydrogen-bond donors (Lipinski definition) is 3. The number of nitrogens with zero attached hydrogens (tertiary/aromatic N) is 1. The van der Waals surface area contributed by atoms with Crippen molar-refractivity contribution < 1.29 is 14.4 Å². The molecule has 0 aromatic carbocycles. The molecule has 7 heteroatoms. The van der Waals surface area contributed by atoms with E-state index in [-0.39, 0.29) is 17.8 Å². The van der Waals surface area contributed by atoms with E-state index >= 15 is 0 Å². The number of carbonyl (C=O) groups is 3. The van der Waals surface area contributed by atoms with Crippen molar-refractivity contribution in [2.45, 2.75) is 13.8 Å². The predicted molar refractivity (Wildman–Crippen MR) is 62.5 cm³/mol. The van der Waals surface area contributed by atoms with Crippen LogP contribution in [0.4, 0.5) is 4.79 Å². The molecule has 0 saturated carbocycles. The number of rotatable bonds is 3. The third-order valence-corrected chi connectivity index (χ3v) is 1.69. The van der Waals surface area contributed by atoms with Crippen LogP contribution < -0.4 is 16.0 Å². The minimum atomic E-state index is -0.995. The number of nitrogens with one attached hydrogen (secondary N) is 3. The summed E-state index contributed by atoms with van der Waals surface area (Å²) in [7, 11) is 0. The molecule has 0 rings (SSSR count). The fourth-order valence-corrected chi connectivity index (χ4v) is 0.934. The quantitative estimate of drug-likeness (QED) is 0.350. The van der Waals surface area contributed by atoms with Crippen LogP contribution in [-0.2, 0) is 9.59 Å². The topological polar surface area (TPSA) is 111 Å². The number of hydrogen-bond acceptors (Lipinski definition) is 5. The van der Waals surface area contributed by atoms with E-state index < -0.39 is 17.8 Å². The fourth-order valence-electron chi connectivity index (χ4n) is 0.934. The van der Waals surface area contributed by atoms with Crippen LogP contribution in [0, 0.1) is 23.7 Å². The number of amides is 4. The Morgan fingerprint density at radius 3 is 2.28 bits per heavy atom. The highest BCUT2D eigenvalue weighted by atomic mass is 16.2. The molecule has 0 saturated heterocycles. The molecular formula is C11H12N4O3. The van der Waals surface area contributed by atoms with Crippen molar-refractivity contribution in [3.8, 4) is 18.4 Å². The summed E-state index contributed by atoms with van der Waals surface area (Å²) in [4.78, 5) is 33.1. The SMILES string of the molecule is C#CCN/C(C)=C(\C#N)C(=O)NC(=O)NC(C)=O. The first kappa shape index (κ1) is 15.2. The van der Waals surface area contributed by atoms with E-state index in [4.69, 9.17) is 11.7 Å². The van der Waals surface area contributed by atoms with E-state index in [1.165, 1.54) is 6.92 Å². The molecule has 0 spiro atoms. The number of nitriles is 1. The molecule has 18 heavy (non-hydrogen) atoms. The van der Waals surface area contributed by atoms with Gasteiger partial charge in [-0.3, -0.25) is 20.2 Å². The van der Waals surface area contributed by atoms with Gasteiger partial charge in [0.25, 0.3) is 5.91 Å². The summed E-state index contributed by atoms with van der Waals surface area (Å²) in [6.07, 6.45) is 5.01. The van der Waals surface area contributed by atoms with Crippen molar-refractivity contribution in [1.29, 1.82) is 5.26 Å². The van der Waals surface area contributed by atoms with Gasteiger partial charge in [-0.1, -0.05) is 5.92 Å². The Morgan fingerprint density at radius 2 is 1.83 bits per heavy atom. The van der Waals surface area contributed by atoms with E-state index in [2.05, 4.69) is 11.2 Å². The van der Waals surface area contributed by atoms with E-state index in [9.17, 15) is 14.4 Å². The van der Waals surface area contributed by atoms with Gasteiger partial charge in [0.15, 0.2) is 0 Å². The standard InChI is InChI=1S/C11H12N4O3/c1-4-5-13-7(2)9(6-12)10(17)15-11(18)14-8(3)16/h1,13H,5H2,2-3H3,(H2,14,15,16,17,18)/b9-7+. The zero-order valence-electron chi connectivity index (χ0n) is 9.96. The Hall–Kier alpha value is -2.80. The summed E-state index contributed by atoms with van der Waals surface area (Å²) in [5.41, 5.74) is -0.0486. The summed E-state index contributed by atoms with van der Waals surface area (Å²) in [6, 6.07) is 0.645. The zero-order chi connectivity index (χ0) is 14.1. The number of terminal acetylenes is 1. The molecule has 3 N–H and O–H groups in total. The third kappa shape index (κ3) is 5.33. The molecule has 0 unspecified atom stereocenters. The molecule has 0 fully saturated rings. The van der Waals surface area contributed by atoms with Crippen molar-refractivity contribution in [3.05, 3.63) is 11.3 Å². The maximum Gasteiger partial charge on any atom is 0.328 e. The van der Waals surface area contributed by atoms with Gasteiger partial charge in [-0.25, -0.2) is 4.79 Å². The molecule has 0 aromatic rings. The summed E-state index contributed by atoms with van der Waals surface area (Å²) in [5.74, 6) is 0.734. The van der Waals surface area contributed by atoms with Gasteiger partial charge in [0.2, 0.25) is 5.91 Å². The highest BCUT2D eigenvalue weighted by Crippen LogP contribution is 1.99. The Labute approximate surface area is 104 Å². The molecule has 0 heterocycles. The Kier molecular flexibility index (Phi) is 6.31. The fraction of sp³-hybridized carbons (Fsp3) is 0.273. The van der Waals surface area contributed by atoms with E-state index in [0.29, 0.717) is 0 Å². The molecule has 4 amide bonds. The second-order valence-electron chi connectivity index (χ2n) is 3.13. The summed E-state index contributed by atoms with van der Waals surface area (Å²) in [6.45, 7) is 2.73. The number of urea groups is 1. The number of allylic oxidation sites excluding steroid dienone is 1. The first-order valence-electron chi connectivity index (χ1n) is 4.83. The minimum absolute atomic E-state index is 0.143. The maximum absolute atomic E-state index is 11.5. The monoisotopic (exact) mass is 248 g/mol. The normalized spacial score (nSPS) is 10.2. The summed E-state index contributed by atoms with van der Waals surface area (Å²) < 4.78 is 0. The molecule has 0 aliphatic carbocycles. The highest BCUT2D eigenvalue weighted by molar-refractivity contribution is 6.09. The first-order chi connectivity index (χ1) is 8.42. The minimum Gasteiger partial charge on any atom is -0.376 e. The lowest BCUT2D eigenvalue weighted by Crippen LogP contribution is -2.42. The summed E-state index contributed by atoms with van der Waals surface area (Å²) >= 11 is 0. The Balaban J connectivity index is 4.74. The number of imide groups is 2. The average Bonchev–Trinajstić information content (AvgIpc) is 2.25. The molecule has 0 atom stereocenters. The number of carbonyl (C=O) groups excluding carboxylic acids is 3. The van der Waals surface area contributed by atoms with Crippen molar-refractivity contribution in [2.24, 2.45) is 0 Å².